The van der Waals surface area contributed by atoms with Gasteiger partial charge in [-0.15, -0.1) is 6.58 Å². The van der Waals surface area contributed by atoms with Gasteiger partial charge in [-0.05, 0) is 17.5 Å². The maximum absolute atomic E-state index is 4.30. The Kier molecular flexibility index (Phi) is 4.42. The average molecular weight is 185 g/mol. The highest BCUT2D eigenvalue weighted by atomic mass is 14.7. The molecule has 14 heavy (non-hydrogen) atoms. The van der Waals surface area contributed by atoms with Crippen molar-refractivity contribution >= 4 is 12.3 Å². The summed E-state index contributed by atoms with van der Waals surface area (Å²) in [5.41, 5.74) is 2.24. The van der Waals surface area contributed by atoms with Crippen LogP contribution in [0.3, 0.4) is 0 Å². The normalized spacial score (nSPS) is 10.3. The topological polar surface area (TPSA) is 12.4 Å². The fraction of sp³-hybridized carbons (Fsp3) is 0.154. The molecule has 0 radical (unpaired) electrons. The second-order valence-corrected chi connectivity index (χ2v) is 2.95. The first-order valence-electron chi connectivity index (χ1n) is 4.70. The van der Waals surface area contributed by atoms with Crippen LogP contribution in [0.25, 0.3) is 6.08 Å². The van der Waals surface area contributed by atoms with Crippen LogP contribution in [0, 0.1) is 0 Å². The number of rotatable bonds is 5. The van der Waals surface area contributed by atoms with Crippen LogP contribution in [0.2, 0.25) is 0 Å². The highest BCUT2D eigenvalue weighted by molar-refractivity contribution is 5.85. The Bertz CT molecular complexity index is 337. The van der Waals surface area contributed by atoms with Crippen molar-refractivity contribution in [1.29, 1.82) is 0 Å². The predicted octanol–water partition coefficient (Wildman–Crippen LogP) is 3.32. The van der Waals surface area contributed by atoms with Crippen LogP contribution < -0.4 is 0 Å². The molecule has 0 amide bonds. The number of aliphatic imine (C=N–C) groups is 1. The molecule has 1 rings (SSSR count). The molecule has 0 heterocycles. The molecule has 0 saturated carbocycles. The number of hydrogen-bond donors (Lipinski definition) is 0. The Hall–Kier alpha value is -1.63. The van der Waals surface area contributed by atoms with Gasteiger partial charge in [0.25, 0.3) is 0 Å². The molecule has 0 fully saturated rings. The van der Waals surface area contributed by atoms with Crippen molar-refractivity contribution in [2.24, 2.45) is 4.99 Å². The minimum absolute atomic E-state index is 0.801. The molecule has 1 nitrogen and oxygen atoms in total. The molecule has 0 spiro atoms. The van der Waals surface area contributed by atoms with Gasteiger partial charge in [0.05, 0.1) is 0 Å². The van der Waals surface area contributed by atoms with Crippen molar-refractivity contribution in [3.63, 3.8) is 0 Å². The molecule has 0 bridgehead atoms. The van der Waals surface area contributed by atoms with Crippen LogP contribution in [0.1, 0.15) is 17.5 Å². The summed E-state index contributed by atoms with van der Waals surface area (Å²) in [6.07, 6.45) is 6.53. The zero-order chi connectivity index (χ0) is 10.2. The van der Waals surface area contributed by atoms with Gasteiger partial charge >= 0.3 is 0 Å². The molecule has 0 aromatic heterocycles. The third-order valence-electron chi connectivity index (χ3n) is 1.91. The van der Waals surface area contributed by atoms with Gasteiger partial charge < -0.3 is 0 Å². The highest BCUT2D eigenvalue weighted by Crippen LogP contribution is 2.07. The molecule has 0 aliphatic rings. The van der Waals surface area contributed by atoms with E-state index >= 15 is 0 Å². The summed E-state index contributed by atoms with van der Waals surface area (Å²) in [6.45, 7) is 8.21. The average Bonchev–Trinajstić information content (AvgIpc) is 2.25. The van der Waals surface area contributed by atoms with Crippen LogP contribution in [-0.4, -0.2) is 12.8 Å². The lowest BCUT2D eigenvalue weighted by atomic mass is 10.1. The number of benzene rings is 1. The summed E-state index contributed by atoms with van der Waals surface area (Å²) in [5, 5.41) is 0. The van der Waals surface area contributed by atoms with E-state index < -0.39 is 0 Å². The quantitative estimate of drug-likeness (QED) is 0.379. The summed E-state index contributed by atoms with van der Waals surface area (Å²) in [4.78, 5) is 4.30. The minimum Gasteiger partial charge on any atom is -0.292 e. The lowest BCUT2D eigenvalue weighted by Gasteiger charge is -1.98. The van der Waals surface area contributed by atoms with E-state index in [1.54, 1.807) is 0 Å². The fourth-order valence-corrected chi connectivity index (χ4v) is 1.14. The summed E-state index contributed by atoms with van der Waals surface area (Å²) in [7, 11) is 0. The third kappa shape index (κ3) is 3.02. The van der Waals surface area contributed by atoms with E-state index in [1.807, 2.05) is 42.6 Å². The van der Waals surface area contributed by atoms with Gasteiger partial charge in [0.1, 0.15) is 0 Å². The summed E-state index contributed by atoms with van der Waals surface area (Å²) in [5.74, 6) is 0. The Morgan fingerprint density at radius 3 is 2.50 bits per heavy atom. The molecule has 0 aliphatic heterocycles. The van der Waals surface area contributed by atoms with Gasteiger partial charge in [-0.1, -0.05) is 43.0 Å². The van der Waals surface area contributed by atoms with Gasteiger partial charge in [-0.2, -0.15) is 0 Å². The van der Waals surface area contributed by atoms with E-state index in [0.29, 0.717) is 0 Å². The molecule has 0 N–H and O–H groups in total. The number of hydrogen-bond acceptors (Lipinski definition) is 1. The highest BCUT2D eigenvalue weighted by Gasteiger charge is 1.92. The molecule has 0 unspecified atom stereocenters. The molecule has 72 valence electrons. The Morgan fingerprint density at radius 2 is 1.86 bits per heavy atom. The standard InChI is InChI=1S/C13H15N/c1-3-5-10-14-11-13-9-7-6-8-12(13)4-2/h3-4,6-9,11H,1-2,5,10H2. The zero-order valence-corrected chi connectivity index (χ0v) is 8.32. The Morgan fingerprint density at radius 1 is 1.14 bits per heavy atom. The first-order chi connectivity index (χ1) is 6.88. The SMILES string of the molecule is C=CCCN=Cc1ccccc1C=C. The maximum atomic E-state index is 4.30. The van der Waals surface area contributed by atoms with E-state index in [9.17, 15) is 0 Å². The van der Waals surface area contributed by atoms with Crippen LogP contribution in [0.4, 0.5) is 0 Å². The van der Waals surface area contributed by atoms with Gasteiger partial charge in [0, 0.05) is 12.8 Å². The molecular formula is C13H15N. The molecule has 0 aliphatic carbocycles. The largest absolute Gasteiger partial charge is 0.292 e. The maximum Gasteiger partial charge on any atom is 0.0423 e. The van der Waals surface area contributed by atoms with Crippen LogP contribution in [0.15, 0.2) is 48.5 Å². The van der Waals surface area contributed by atoms with Crippen molar-refractivity contribution in [1.82, 2.24) is 0 Å². The molecular weight excluding hydrogens is 170 g/mol. The van der Waals surface area contributed by atoms with Crippen molar-refractivity contribution in [2.75, 3.05) is 6.54 Å². The summed E-state index contributed by atoms with van der Waals surface area (Å²) in [6, 6.07) is 8.07. The lowest BCUT2D eigenvalue weighted by Crippen LogP contribution is -1.87. The monoisotopic (exact) mass is 185 g/mol. The van der Waals surface area contributed by atoms with Crippen molar-refractivity contribution < 1.29 is 0 Å². The second kappa shape index (κ2) is 5.92. The smallest absolute Gasteiger partial charge is 0.0423 e. The van der Waals surface area contributed by atoms with E-state index in [4.69, 9.17) is 0 Å². The van der Waals surface area contributed by atoms with Gasteiger partial charge in [-0.3, -0.25) is 4.99 Å². The van der Waals surface area contributed by atoms with E-state index in [2.05, 4.69) is 18.2 Å². The minimum atomic E-state index is 0.801. The van der Waals surface area contributed by atoms with Crippen molar-refractivity contribution in [3.05, 3.63) is 54.6 Å². The van der Waals surface area contributed by atoms with Crippen LogP contribution in [-0.2, 0) is 0 Å². The first kappa shape index (κ1) is 10.5. The van der Waals surface area contributed by atoms with E-state index in [0.717, 1.165) is 24.1 Å². The molecule has 0 atom stereocenters. The van der Waals surface area contributed by atoms with Crippen LogP contribution in [0.5, 0.6) is 0 Å². The Balaban J connectivity index is 2.69. The van der Waals surface area contributed by atoms with Gasteiger partial charge in [0.15, 0.2) is 0 Å². The van der Waals surface area contributed by atoms with Gasteiger partial charge in [0.2, 0.25) is 0 Å². The summed E-state index contributed by atoms with van der Waals surface area (Å²) >= 11 is 0. The molecule has 1 aromatic rings. The lowest BCUT2D eigenvalue weighted by molar-refractivity contribution is 1.02. The van der Waals surface area contributed by atoms with Crippen LogP contribution >= 0.6 is 0 Å². The van der Waals surface area contributed by atoms with E-state index in [1.165, 1.54) is 0 Å². The first-order valence-corrected chi connectivity index (χ1v) is 4.70. The fourth-order valence-electron chi connectivity index (χ4n) is 1.14. The second-order valence-electron chi connectivity index (χ2n) is 2.95. The predicted molar refractivity (Wildman–Crippen MR) is 63.8 cm³/mol. The van der Waals surface area contributed by atoms with Crippen molar-refractivity contribution in [3.8, 4) is 0 Å². The molecule has 0 saturated heterocycles. The Labute approximate surface area is 85.5 Å². The summed E-state index contributed by atoms with van der Waals surface area (Å²) < 4.78 is 0. The molecule has 1 heteroatoms. The number of nitrogens with zero attached hydrogens (tertiary/aromatic N) is 1. The zero-order valence-electron chi connectivity index (χ0n) is 8.32. The van der Waals surface area contributed by atoms with Crippen molar-refractivity contribution in [2.45, 2.75) is 6.42 Å². The molecule has 1 aromatic carbocycles. The van der Waals surface area contributed by atoms with Gasteiger partial charge in [-0.25, -0.2) is 0 Å². The van der Waals surface area contributed by atoms with E-state index in [-0.39, 0.29) is 0 Å². The third-order valence-corrected chi connectivity index (χ3v) is 1.91.